The molecule has 0 N–H and O–H groups in total. The predicted molar refractivity (Wildman–Crippen MR) is 71.7 cm³/mol. The van der Waals surface area contributed by atoms with Crippen molar-refractivity contribution in [3.8, 4) is 5.75 Å². The summed E-state index contributed by atoms with van der Waals surface area (Å²) < 4.78 is 10.7. The number of ether oxygens (including phenoxy) is 1. The number of rotatable bonds is 4. The molecule has 0 saturated heterocycles. The van der Waals surface area contributed by atoms with Gasteiger partial charge in [-0.3, -0.25) is 4.79 Å². The zero-order valence-corrected chi connectivity index (χ0v) is 11.4. The van der Waals surface area contributed by atoms with Crippen LogP contribution in [-0.4, -0.2) is 15.9 Å². The van der Waals surface area contributed by atoms with Crippen molar-refractivity contribution in [2.75, 3.05) is 0 Å². The third-order valence-electron chi connectivity index (χ3n) is 3.41. The van der Waals surface area contributed by atoms with E-state index in [0.717, 1.165) is 29.7 Å². The molecule has 1 aromatic heterocycles. The first-order chi connectivity index (χ1) is 9.76. The van der Waals surface area contributed by atoms with E-state index in [9.17, 15) is 4.79 Å². The van der Waals surface area contributed by atoms with Crippen LogP contribution in [0.15, 0.2) is 22.7 Å². The number of aromatic nitrogens is 2. The minimum Gasteiger partial charge on any atom is -0.485 e. The fourth-order valence-corrected chi connectivity index (χ4v) is 2.35. The van der Waals surface area contributed by atoms with E-state index in [-0.39, 0.29) is 12.4 Å². The minimum atomic E-state index is 0.226. The minimum absolute atomic E-state index is 0.226. The lowest BCUT2D eigenvalue weighted by atomic mass is 9.91. The van der Waals surface area contributed by atoms with Gasteiger partial charge < -0.3 is 9.26 Å². The van der Waals surface area contributed by atoms with E-state index in [1.165, 1.54) is 0 Å². The second kappa shape index (κ2) is 5.45. The Kier molecular flexibility index (Phi) is 3.50. The summed E-state index contributed by atoms with van der Waals surface area (Å²) in [7, 11) is 0. The van der Waals surface area contributed by atoms with E-state index in [1.807, 2.05) is 25.1 Å². The van der Waals surface area contributed by atoms with E-state index in [1.54, 1.807) is 0 Å². The Hall–Kier alpha value is -2.17. The molecule has 1 heterocycles. The fourth-order valence-electron chi connectivity index (χ4n) is 2.35. The number of hydrogen-bond donors (Lipinski definition) is 0. The number of hydrogen-bond acceptors (Lipinski definition) is 5. The highest BCUT2D eigenvalue weighted by Gasteiger charge is 2.17. The molecule has 1 aliphatic rings. The van der Waals surface area contributed by atoms with Gasteiger partial charge in [-0.05, 0) is 36.6 Å². The number of ketones is 1. The Morgan fingerprint density at radius 1 is 1.35 bits per heavy atom. The lowest BCUT2D eigenvalue weighted by molar-refractivity contribution is 0.0972. The van der Waals surface area contributed by atoms with E-state index < -0.39 is 0 Å². The fraction of sp³-hybridized carbons (Fsp3) is 0.400. The van der Waals surface area contributed by atoms with Gasteiger partial charge >= 0.3 is 0 Å². The van der Waals surface area contributed by atoms with Crippen LogP contribution >= 0.6 is 0 Å². The molecular formula is C15H16N2O3. The van der Waals surface area contributed by atoms with Gasteiger partial charge in [-0.2, -0.15) is 4.98 Å². The molecule has 3 rings (SSSR count). The van der Waals surface area contributed by atoms with Crippen molar-refractivity contribution in [3.05, 3.63) is 41.0 Å². The van der Waals surface area contributed by atoms with E-state index >= 15 is 0 Å². The summed E-state index contributed by atoms with van der Waals surface area (Å²) in [6, 6.07) is 5.61. The molecule has 0 aliphatic heterocycles. The molecular weight excluding hydrogens is 256 g/mol. The average Bonchev–Trinajstić information content (AvgIpc) is 2.93. The number of Topliss-reactive ketones (excluding diaryl/α,β-unsaturated/α-hetero) is 1. The molecule has 0 atom stereocenters. The summed E-state index contributed by atoms with van der Waals surface area (Å²) in [5.41, 5.74) is 1.90. The molecule has 0 amide bonds. The van der Waals surface area contributed by atoms with Crippen LogP contribution in [0.1, 0.15) is 47.4 Å². The molecule has 0 bridgehead atoms. The topological polar surface area (TPSA) is 65.2 Å². The summed E-state index contributed by atoms with van der Waals surface area (Å²) >= 11 is 0. The quantitative estimate of drug-likeness (QED) is 0.856. The standard InChI is InChI=1S/C15H16N2O3/c1-2-15-16-14(17-20-15)9-19-11-6-7-12-10(8-11)4-3-5-13(12)18/h6-8H,2-5,9H2,1H3. The largest absolute Gasteiger partial charge is 0.485 e. The maximum absolute atomic E-state index is 11.7. The molecule has 20 heavy (non-hydrogen) atoms. The lowest BCUT2D eigenvalue weighted by Gasteiger charge is -2.15. The van der Waals surface area contributed by atoms with Crippen LogP contribution in [0.4, 0.5) is 0 Å². The first-order valence-corrected chi connectivity index (χ1v) is 6.86. The number of nitrogens with zero attached hydrogens (tertiary/aromatic N) is 2. The number of fused-ring (bicyclic) bond motifs is 1. The van der Waals surface area contributed by atoms with E-state index in [2.05, 4.69) is 10.1 Å². The van der Waals surface area contributed by atoms with Crippen LogP contribution < -0.4 is 4.74 Å². The summed E-state index contributed by atoms with van der Waals surface area (Å²) in [4.78, 5) is 15.9. The van der Waals surface area contributed by atoms with Gasteiger partial charge in [-0.15, -0.1) is 0 Å². The van der Waals surface area contributed by atoms with Crippen LogP contribution in [0.5, 0.6) is 5.75 Å². The van der Waals surface area contributed by atoms with Crippen molar-refractivity contribution in [3.63, 3.8) is 0 Å². The van der Waals surface area contributed by atoms with Crippen molar-refractivity contribution in [1.82, 2.24) is 10.1 Å². The van der Waals surface area contributed by atoms with Crippen LogP contribution in [0.25, 0.3) is 0 Å². The van der Waals surface area contributed by atoms with Crippen LogP contribution in [0, 0.1) is 0 Å². The van der Waals surface area contributed by atoms with Crippen molar-refractivity contribution < 1.29 is 14.1 Å². The van der Waals surface area contributed by atoms with Crippen molar-refractivity contribution in [2.24, 2.45) is 0 Å². The zero-order chi connectivity index (χ0) is 13.9. The Bertz CT molecular complexity index is 634. The van der Waals surface area contributed by atoms with Crippen LogP contribution in [0.3, 0.4) is 0 Å². The predicted octanol–water partition coefficient (Wildman–Crippen LogP) is 2.73. The SMILES string of the molecule is CCc1nc(COc2ccc3c(c2)CCCC3=O)no1. The Labute approximate surface area is 116 Å². The Morgan fingerprint density at radius 3 is 3.05 bits per heavy atom. The smallest absolute Gasteiger partial charge is 0.226 e. The molecule has 0 saturated carbocycles. The van der Waals surface area contributed by atoms with Gasteiger partial charge in [0.2, 0.25) is 11.7 Å². The van der Waals surface area contributed by atoms with E-state index in [0.29, 0.717) is 24.6 Å². The van der Waals surface area contributed by atoms with Crippen molar-refractivity contribution in [1.29, 1.82) is 0 Å². The van der Waals surface area contributed by atoms with Crippen LogP contribution in [-0.2, 0) is 19.4 Å². The summed E-state index contributed by atoms with van der Waals surface area (Å²) in [5.74, 6) is 2.11. The molecule has 1 aliphatic carbocycles. The second-order valence-corrected chi connectivity index (χ2v) is 4.84. The first-order valence-electron chi connectivity index (χ1n) is 6.86. The molecule has 1 aromatic carbocycles. The molecule has 0 fully saturated rings. The molecule has 5 heteroatoms. The van der Waals surface area contributed by atoms with Gasteiger partial charge in [0.15, 0.2) is 12.4 Å². The van der Waals surface area contributed by atoms with Gasteiger partial charge in [0.1, 0.15) is 5.75 Å². The van der Waals surface area contributed by atoms with Gasteiger partial charge in [0, 0.05) is 18.4 Å². The Morgan fingerprint density at radius 2 is 2.25 bits per heavy atom. The number of carbonyl (C=O) groups is 1. The average molecular weight is 272 g/mol. The lowest BCUT2D eigenvalue weighted by Crippen LogP contribution is -2.10. The highest BCUT2D eigenvalue weighted by atomic mass is 16.5. The second-order valence-electron chi connectivity index (χ2n) is 4.84. The molecule has 104 valence electrons. The first kappa shape index (κ1) is 12.8. The molecule has 0 unspecified atom stereocenters. The van der Waals surface area contributed by atoms with Crippen molar-refractivity contribution >= 4 is 5.78 Å². The Balaban J connectivity index is 1.70. The summed E-state index contributed by atoms with van der Waals surface area (Å²) in [6.07, 6.45) is 3.21. The van der Waals surface area contributed by atoms with Gasteiger partial charge in [-0.1, -0.05) is 12.1 Å². The zero-order valence-electron chi connectivity index (χ0n) is 11.4. The molecule has 0 radical (unpaired) electrons. The summed E-state index contributed by atoms with van der Waals surface area (Å²) in [6.45, 7) is 2.23. The highest BCUT2D eigenvalue weighted by molar-refractivity contribution is 5.98. The highest BCUT2D eigenvalue weighted by Crippen LogP contribution is 2.25. The van der Waals surface area contributed by atoms with Gasteiger partial charge in [0.05, 0.1) is 0 Å². The number of carbonyl (C=O) groups excluding carboxylic acids is 1. The van der Waals surface area contributed by atoms with Crippen LogP contribution in [0.2, 0.25) is 0 Å². The van der Waals surface area contributed by atoms with Gasteiger partial charge in [-0.25, -0.2) is 0 Å². The molecule has 2 aromatic rings. The van der Waals surface area contributed by atoms with E-state index in [4.69, 9.17) is 9.26 Å². The number of benzene rings is 1. The maximum atomic E-state index is 11.7. The van der Waals surface area contributed by atoms with Gasteiger partial charge in [0.25, 0.3) is 0 Å². The third kappa shape index (κ3) is 2.57. The maximum Gasteiger partial charge on any atom is 0.226 e. The summed E-state index contributed by atoms with van der Waals surface area (Å²) in [5, 5.41) is 3.84. The number of aryl methyl sites for hydroxylation is 2. The normalized spacial score (nSPS) is 14.2. The molecule has 5 nitrogen and oxygen atoms in total. The third-order valence-corrected chi connectivity index (χ3v) is 3.41. The monoisotopic (exact) mass is 272 g/mol. The molecule has 0 spiro atoms. The van der Waals surface area contributed by atoms with Crippen molar-refractivity contribution in [2.45, 2.75) is 39.2 Å².